The van der Waals surface area contributed by atoms with E-state index in [1.807, 2.05) is 20.8 Å². The van der Waals surface area contributed by atoms with Crippen molar-refractivity contribution in [2.45, 2.75) is 26.8 Å². The molecule has 0 aliphatic rings. The molecule has 0 aliphatic carbocycles. The van der Waals surface area contributed by atoms with Crippen molar-refractivity contribution in [2.75, 3.05) is 13.2 Å². The Labute approximate surface area is 111 Å². The number of carbonyl (C=O) groups excluding carboxylic acids is 1. The molecule has 1 rings (SSSR count). The number of rotatable bonds is 7. The molecular weight excluding hydrogens is 250 g/mol. The summed E-state index contributed by atoms with van der Waals surface area (Å²) in [6.07, 6.45) is 1.05. The third-order valence-electron chi connectivity index (χ3n) is 2.69. The fraction of sp³-hybridized carbons (Fsp3) is 0.538. The van der Waals surface area contributed by atoms with E-state index in [0.717, 1.165) is 6.26 Å². The van der Waals surface area contributed by atoms with Crippen molar-refractivity contribution in [1.29, 1.82) is 0 Å². The van der Waals surface area contributed by atoms with Gasteiger partial charge >= 0.3 is 5.97 Å². The fourth-order valence-electron chi connectivity index (χ4n) is 1.45. The average Bonchev–Trinajstić information content (AvgIpc) is 2.83. The number of carbonyl (C=O) groups is 2. The van der Waals surface area contributed by atoms with Crippen LogP contribution in [0.4, 0.5) is 0 Å². The van der Waals surface area contributed by atoms with E-state index in [1.54, 1.807) is 0 Å². The van der Waals surface area contributed by atoms with Gasteiger partial charge in [0.15, 0.2) is 5.76 Å². The number of hydrogen-bond donors (Lipinski definition) is 2. The molecule has 1 aromatic rings. The number of hydrogen-bond acceptors (Lipinski definition) is 4. The van der Waals surface area contributed by atoms with Crippen LogP contribution in [0.2, 0.25) is 0 Å². The Morgan fingerprint density at radius 1 is 1.47 bits per heavy atom. The fourth-order valence-corrected chi connectivity index (χ4v) is 1.45. The molecule has 0 saturated heterocycles. The number of furan rings is 1. The largest absolute Gasteiger partial charge is 0.478 e. The zero-order valence-electron chi connectivity index (χ0n) is 11.3. The first-order valence-electron chi connectivity index (χ1n) is 6.16. The SMILES string of the molecule is CCOCC(NC(=O)c1cc(C(=O)O)co1)C(C)C. The molecule has 0 bridgehead atoms. The lowest BCUT2D eigenvalue weighted by Crippen LogP contribution is -2.41. The van der Waals surface area contributed by atoms with Gasteiger partial charge in [0.1, 0.15) is 6.26 Å². The van der Waals surface area contributed by atoms with Gasteiger partial charge in [-0.25, -0.2) is 4.79 Å². The number of ether oxygens (including phenoxy) is 1. The zero-order chi connectivity index (χ0) is 14.4. The molecule has 1 atom stereocenters. The van der Waals surface area contributed by atoms with Gasteiger partial charge in [-0.2, -0.15) is 0 Å². The molecule has 6 heteroatoms. The van der Waals surface area contributed by atoms with Crippen LogP contribution in [0.25, 0.3) is 0 Å². The minimum Gasteiger partial charge on any atom is -0.478 e. The van der Waals surface area contributed by atoms with Gasteiger partial charge in [0, 0.05) is 12.7 Å². The summed E-state index contributed by atoms with van der Waals surface area (Å²) in [6, 6.07) is 1.06. The summed E-state index contributed by atoms with van der Waals surface area (Å²) >= 11 is 0. The van der Waals surface area contributed by atoms with E-state index in [9.17, 15) is 9.59 Å². The maximum absolute atomic E-state index is 11.9. The van der Waals surface area contributed by atoms with Gasteiger partial charge in [-0.15, -0.1) is 0 Å². The van der Waals surface area contributed by atoms with Crippen LogP contribution >= 0.6 is 0 Å². The highest BCUT2D eigenvalue weighted by atomic mass is 16.5. The Balaban J connectivity index is 2.67. The van der Waals surface area contributed by atoms with Crippen molar-refractivity contribution in [3.63, 3.8) is 0 Å². The highest BCUT2D eigenvalue weighted by Gasteiger charge is 2.20. The first kappa shape index (κ1) is 15.2. The van der Waals surface area contributed by atoms with Gasteiger partial charge in [0.25, 0.3) is 5.91 Å². The molecule has 0 saturated carbocycles. The Hall–Kier alpha value is -1.82. The highest BCUT2D eigenvalue weighted by molar-refractivity contribution is 5.95. The summed E-state index contributed by atoms with van der Waals surface area (Å²) in [5.41, 5.74) is -0.0453. The third kappa shape index (κ3) is 4.40. The minimum atomic E-state index is -1.13. The Morgan fingerprint density at radius 3 is 2.63 bits per heavy atom. The Kier molecular flexibility index (Phi) is 5.57. The van der Waals surface area contributed by atoms with Gasteiger partial charge in [-0.05, 0) is 12.8 Å². The highest BCUT2D eigenvalue weighted by Crippen LogP contribution is 2.09. The maximum atomic E-state index is 11.9. The summed E-state index contributed by atoms with van der Waals surface area (Å²) < 4.78 is 10.2. The first-order valence-corrected chi connectivity index (χ1v) is 6.16. The van der Waals surface area contributed by atoms with Crippen LogP contribution in [0.3, 0.4) is 0 Å². The topological polar surface area (TPSA) is 88.8 Å². The smallest absolute Gasteiger partial charge is 0.338 e. The summed E-state index contributed by atoms with van der Waals surface area (Å²) in [7, 11) is 0. The molecule has 1 unspecified atom stereocenters. The van der Waals surface area contributed by atoms with Gasteiger partial charge in [-0.1, -0.05) is 13.8 Å². The van der Waals surface area contributed by atoms with Crippen LogP contribution in [-0.2, 0) is 4.74 Å². The molecule has 1 heterocycles. The minimum absolute atomic E-state index is 0.0143. The van der Waals surface area contributed by atoms with E-state index in [4.69, 9.17) is 14.3 Å². The first-order chi connectivity index (χ1) is 8.95. The standard InChI is InChI=1S/C13H19NO5/c1-4-18-7-10(8(2)3)14-12(15)11-5-9(6-19-11)13(16)17/h5-6,8,10H,4,7H2,1-3H3,(H,14,15)(H,16,17). The molecular formula is C13H19NO5. The van der Waals surface area contributed by atoms with E-state index < -0.39 is 11.9 Å². The molecule has 0 radical (unpaired) electrons. The lowest BCUT2D eigenvalue weighted by atomic mass is 10.1. The number of carboxylic acids is 1. The van der Waals surface area contributed by atoms with E-state index in [2.05, 4.69) is 5.32 Å². The molecule has 0 fully saturated rings. The predicted octanol–water partition coefficient (Wildman–Crippen LogP) is 1.77. The zero-order valence-corrected chi connectivity index (χ0v) is 11.3. The summed E-state index contributed by atoms with van der Waals surface area (Å²) in [4.78, 5) is 22.6. The third-order valence-corrected chi connectivity index (χ3v) is 2.69. The lowest BCUT2D eigenvalue weighted by Gasteiger charge is -2.21. The molecule has 0 aromatic carbocycles. The van der Waals surface area contributed by atoms with E-state index in [-0.39, 0.29) is 23.3 Å². The van der Waals surface area contributed by atoms with Gasteiger partial charge in [0.2, 0.25) is 0 Å². The molecule has 1 aromatic heterocycles. The van der Waals surface area contributed by atoms with Crippen molar-refractivity contribution in [3.8, 4) is 0 Å². The molecule has 106 valence electrons. The van der Waals surface area contributed by atoms with Crippen molar-refractivity contribution >= 4 is 11.9 Å². The second-order valence-corrected chi connectivity index (χ2v) is 4.49. The molecule has 19 heavy (non-hydrogen) atoms. The van der Waals surface area contributed by atoms with Crippen LogP contribution in [0.15, 0.2) is 16.7 Å². The van der Waals surface area contributed by atoms with Crippen LogP contribution < -0.4 is 5.32 Å². The predicted molar refractivity (Wildman–Crippen MR) is 68.3 cm³/mol. The second-order valence-electron chi connectivity index (χ2n) is 4.49. The average molecular weight is 269 g/mol. The summed E-state index contributed by atoms with van der Waals surface area (Å²) in [5, 5.41) is 11.5. The van der Waals surface area contributed by atoms with Crippen molar-refractivity contribution in [3.05, 3.63) is 23.7 Å². The molecule has 1 amide bonds. The number of nitrogens with one attached hydrogen (secondary N) is 1. The molecule has 0 spiro atoms. The second kappa shape index (κ2) is 6.94. The number of aromatic carboxylic acids is 1. The van der Waals surface area contributed by atoms with Crippen LogP contribution in [0, 0.1) is 5.92 Å². The van der Waals surface area contributed by atoms with Gasteiger partial charge in [-0.3, -0.25) is 4.79 Å². The van der Waals surface area contributed by atoms with Crippen molar-refractivity contribution < 1.29 is 23.8 Å². The monoisotopic (exact) mass is 269 g/mol. The number of amides is 1. The Bertz CT molecular complexity index is 438. The quantitative estimate of drug-likeness (QED) is 0.787. The van der Waals surface area contributed by atoms with Gasteiger partial charge < -0.3 is 19.6 Å². The normalized spacial score (nSPS) is 12.4. The van der Waals surface area contributed by atoms with Crippen LogP contribution in [0.5, 0.6) is 0 Å². The van der Waals surface area contributed by atoms with Crippen LogP contribution in [-0.4, -0.2) is 36.2 Å². The molecule has 2 N–H and O–H groups in total. The lowest BCUT2D eigenvalue weighted by molar-refractivity contribution is 0.0695. The van der Waals surface area contributed by atoms with E-state index in [0.29, 0.717) is 13.2 Å². The van der Waals surface area contributed by atoms with Crippen LogP contribution in [0.1, 0.15) is 41.7 Å². The van der Waals surface area contributed by atoms with Crippen molar-refractivity contribution in [2.24, 2.45) is 5.92 Å². The molecule has 6 nitrogen and oxygen atoms in total. The Morgan fingerprint density at radius 2 is 2.16 bits per heavy atom. The van der Waals surface area contributed by atoms with E-state index in [1.165, 1.54) is 6.07 Å². The number of carboxylic acid groups (broad SMARTS) is 1. The van der Waals surface area contributed by atoms with E-state index >= 15 is 0 Å². The van der Waals surface area contributed by atoms with Crippen molar-refractivity contribution in [1.82, 2.24) is 5.32 Å². The van der Waals surface area contributed by atoms with Gasteiger partial charge in [0.05, 0.1) is 18.2 Å². The summed E-state index contributed by atoms with van der Waals surface area (Å²) in [5.74, 6) is -1.38. The maximum Gasteiger partial charge on any atom is 0.338 e. The summed E-state index contributed by atoms with van der Waals surface area (Å²) in [6.45, 7) is 6.80. The molecule has 0 aliphatic heterocycles.